The molecular formula is C17H20ClNO2S. The minimum Gasteiger partial charge on any atom is -0.279 e. The van der Waals surface area contributed by atoms with E-state index in [2.05, 4.69) is 18.6 Å². The molecule has 0 amide bonds. The maximum atomic E-state index is 12.6. The second kappa shape index (κ2) is 6.71. The van der Waals surface area contributed by atoms with Crippen molar-refractivity contribution in [2.75, 3.05) is 4.72 Å². The van der Waals surface area contributed by atoms with Crippen LogP contribution >= 0.6 is 11.6 Å². The Bertz CT molecular complexity index is 772. The average molecular weight is 338 g/mol. The normalized spacial score (nSPS) is 12.9. The van der Waals surface area contributed by atoms with Crippen molar-refractivity contribution in [2.45, 2.75) is 38.0 Å². The first kappa shape index (κ1) is 16.8. The molecule has 118 valence electrons. The summed E-state index contributed by atoms with van der Waals surface area (Å²) in [4.78, 5) is 0.169. The van der Waals surface area contributed by atoms with Crippen LogP contribution in [0, 0.1) is 6.92 Å². The number of sulfonamides is 1. The summed E-state index contributed by atoms with van der Waals surface area (Å²) in [7, 11) is -3.65. The van der Waals surface area contributed by atoms with Gasteiger partial charge in [-0.1, -0.05) is 49.7 Å². The number of hydrogen-bond donors (Lipinski definition) is 1. The zero-order chi connectivity index (χ0) is 16.3. The Labute approximate surface area is 137 Å². The van der Waals surface area contributed by atoms with Gasteiger partial charge < -0.3 is 0 Å². The van der Waals surface area contributed by atoms with E-state index in [4.69, 9.17) is 11.6 Å². The summed E-state index contributed by atoms with van der Waals surface area (Å²) in [5, 5.41) is 0.443. The van der Waals surface area contributed by atoms with Crippen LogP contribution in [0.5, 0.6) is 0 Å². The first-order chi connectivity index (χ1) is 10.3. The molecule has 0 aliphatic carbocycles. The fourth-order valence-corrected chi connectivity index (χ4v) is 3.54. The number of hydrogen-bond acceptors (Lipinski definition) is 2. The van der Waals surface area contributed by atoms with E-state index in [1.165, 1.54) is 6.07 Å². The Morgan fingerprint density at radius 1 is 1.18 bits per heavy atom. The lowest BCUT2D eigenvalue weighted by Gasteiger charge is -2.16. The van der Waals surface area contributed by atoms with E-state index in [1.54, 1.807) is 18.2 Å². The van der Waals surface area contributed by atoms with Crippen LogP contribution in [0.1, 0.15) is 37.3 Å². The number of benzene rings is 2. The Hall–Kier alpha value is -1.52. The molecular weight excluding hydrogens is 318 g/mol. The second-order valence-corrected chi connectivity index (χ2v) is 7.50. The molecule has 0 saturated heterocycles. The highest BCUT2D eigenvalue weighted by Gasteiger charge is 2.18. The van der Waals surface area contributed by atoms with E-state index in [1.807, 2.05) is 25.1 Å². The average Bonchev–Trinajstić information content (AvgIpc) is 2.49. The van der Waals surface area contributed by atoms with Crippen molar-refractivity contribution in [2.24, 2.45) is 0 Å². The third-order valence-corrected chi connectivity index (χ3v) is 5.57. The number of para-hydroxylation sites is 1. The SMILES string of the molecule is CCC(C)c1ccccc1NS(=O)(=O)c1ccc(C)c(Cl)c1. The molecule has 22 heavy (non-hydrogen) atoms. The van der Waals surface area contributed by atoms with Crippen LogP contribution in [0.2, 0.25) is 5.02 Å². The minimum atomic E-state index is -3.65. The summed E-state index contributed by atoms with van der Waals surface area (Å²) in [6.07, 6.45) is 0.940. The van der Waals surface area contributed by atoms with Gasteiger partial charge in [-0.2, -0.15) is 0 Å². The Morgan fingerprint density at radius 2 is 1.86 bits per heavy atom. The fraction of sp³-hybridized carbons (Fsp3) is 0.294. The molecule has 1 N–H and O–H groups in total. The molecule has 0 aliphatic heterocycles. The van der Waals surface area contributed by atoms with Crippen molar-refractivity contribution >= 4 is 27.3 Å². The van der Waals surface area contributed by atoms with E-state index >= 15 is 0 Å². The van der Waals surface area contributed by atoms with Crippen LogP contribution in [0.3, 0.4) is 0 Å². The fourth-order valence-electron chi connectivity index (χ4n) is 2.18. The quantitative estimate of drug-likeness (QED) is 0.837. The second-order valence-electron chi connectivity index (χ2n) is 5.41. The standard InChI is InChI=1S/C17H20ClNO2S/c1-4-12(2)15-7-5-6-8-17(15)19-22(20,21)14-10-9-13(3)16(18)11-14/h5-12,19H,4H2,1-3H3. The first-order valence-electron chi connectivity index (χ1n) is 7.23. The van der Waals surface area contributed by atoms with Crippen molar-refractivity contribution in [3.8, 4) is 0 Å². The summed E-state index contributed by atoms with van der Waals surface area (Å²) in [6, 6.07) is 12.2. The van der Waals surface area contributed by atoms with Crippen LogP contribution < -0.4 is 4.72 Å². The Morgan fingerprint density at radius 3 is 2.50 bits per heavy atom. The van der Waals surface area contributed by atoms with E-state index in [9.17, 15) is 8.42 Å². The highest BCUT2D eigenvalue weighted by Crippen LogP contribution is 2.29. The lowest BCUT2D eigenvalue weighted by molar-refractivity contribution is 0.601. The summed E-state index contributed by atoms with van der Waals surface area (Å²) in [5.74, 6) is 0.278. The molecule has 0 saturated carbocycles. The number of halogens is 1. The third kappa shape index (κ3) is 3.62. The van der Waals surface area contributed by atoms with Gasteiger partial charge in [-0.25, -0.2) is 8.42 Å². The molecule has 5 heteroatoms. The summed E-state index contributed by atoms with van der Waals surface area (Å²) < 4.78 is 27.8. The number of nitrogens with one attached hydrogen (secondary N) is 1. The van der Waals surface area contributed by atoms with Gasteiger partial charge in [-0.3, -0.25) is 4.72 Å². The van der Waals surface area contributed by atoms with Crippen LogP contribution in [0.15, 0.2) is 47.4 Å². The molecule has 0 aliphatic rings. The lowest BCUT2D eigenvalue weighted by atomic mass is 9.97. The summed E-state index contributed by atoms with van der Waals surface area (Å²) >= 11 is 6.03. The van der Waals surface area contributed by atoms with Gasteiger partial charge >= 0.3 is 0 Å². The van der Waals surface area contributed by atoms with Crippen molar-refractivity contribution in [1.29, 1.82) is 0 Å². The number of anilines is 1. The lowest BCUT2D eigenvalue weighted by Crippen LogP contribution is -2.15. The van der Waals surface area contributed by atoms with E-state index in [0.717, 1.165) is 17.5 Å². The molecule has 2 rings (SSSR count). The van der Waals surface area contributed by atoms with Gasteiger partial charge in [0.2, 0.25) is 0 Å². The molecule has 0 aromatic heterocycles. The maximum Gasteiger partial charge on any atom is 0.261 e. The van der Waals surface area contributed by atoms with Gasteiger partial charge in [0.25, 0.3) is 10.0 Å². The van der Waals surface area contributed by atoms with E-state index in [0.29, 0.717) is 10.7 Å². The topological polar surface area (TPSA) is 46.2 Å². The molecule has 1 atom stereocenters. The van der Waals surface area contributed by atoms with Crippen molar-refractivity contribution < 1.29 is 8.42 Å². The largest absolute Gasteiger partial charge is 0.279 e. The minimum absolute atomic E-state index is 0.169. The molecule has 2 aromatic carbocycles. The maximum absolute atomic E-state index is 12.6. The van der Waals surface area contributed by atoms with Crippen molar-refractivity contribution in [1.82, 2.24) is 0 Å². The van der Waals surface area contributed by atoms with Crippen LogP contribution in [-0.2, 0) is 10.0 Å². The van der Waals surface area contributed by atoms with Crippen LogP contribution in [0.25, 0.3) is 0 Å². The molecule has 0 heterocycles. The van der Waals surface area contributed by atoms with Gasteiger partial charge in [0.05, 0.1) is 10.6 Å². The Balaban J connectivity index is 2.39. The molecule has 0 bridgehead atoms. The first-order valence-corrected chi connectivity index (χ1v) is 9.09. The van der Waals surface area contributed by atoms with Crippen LogP contribution in [0.4, 0.5) is 5.69 Å². The molecule has 1 unspecified atom stereocenters. The molecule has 0 spiro atoms. The van der Waals surface area contributed by atoms with Gasteiger partial charge in [-0.05, 0) is 48.6 Å². The predicted octanol–water partition coefficient (Wildman–Crippen LogP) is 4.96. The number of aryl methyl sites for hydroxylation is 1. The van der Waals surface area contributed by atoms with E-state index < -0.39 is 10.0 Å². The molecule has 0 radical (unpaired) electrons. The van der Waals surface area contributed by atoms with Crippen molar-refractivity contribution in [3.05, 3.63) is 58.6 Å². The monoisotopic (exact) mass is 337 g/mol. The summed E-state index contributed by atoms with van der Waals surface area (Å²) in [5.41, 5.74) is 2.46. The third-order valence-electron chi connectivity index (χ3n) is 3.80. The van der Waals surface area contributed by atoms with E-state index in [-0.39, 0.29) is 10.8 Å². The highest BCUT2D eigenvalue weighted by atomic mass is 35.5. The summed E-state index contributed by atoms with van der Waals surface area (Å²) in [6.45, 7) is 6.00. The molecule has 3 nitrogen and oxygen atoms in total. The molecule has 0 fully saturated rings. The van der Waals surface area contributed by atoms with Crippen molar-refractivity contribution in [3.63, 3.8) is 0 Å². The number of rotatable bonds is 5. The zero-order valence-electron chi connectivity index (χ0n) is 12.9. The highest BCUT2D eigenvalue weighted by molar-refractivity contribution is 7.92. The zero-order valence-corrected chi connectivity index (χ0v) is 14.5. The predicted molar refractivity (Wildman–Crippen MR) is 92.1 cm³/mol. The smallest absolute Gasteiger partial charge is 0.261 e. The van der Waals surface area contributed by atoms with Gasteiger partial charge in [0.15, 0.2) is 0 Å². The Kier molecular flexibility index (Phi) is 5.14. The molecule has 2 aromatic rings. The van der Waals surface area contributed by atoms with Gasteiger partial charge in [0.1, 0.15) is 0 Å². The van der Waals surface area contributed by atoms with Gasteiger partial charge in [0, 0.05) is 5.02 Å². The van der Waals surface area contributed by atoms with Gasteiger partial charge in [-0.15, -0.1) is 0 Å². The van der Waals surface area contributed by atoms with Crippen LogP contribution in [-0.4, -0.2) is 8.42 Å².